The van der Waals surface area contributed by atoms with Gasteiger partial charge < -0.3 is 75.6 Å². The third-order valence-corrected chi connectivity index (χ3v) is 7.15. The Kier molecular flexibility index (Phi) is 17.7. The van der Waals surface area contributed by atoms with Gasteiger partial charge in [0.05, 0.1) is 18.4 Å². The average molecular weight is 857 g/mol. The van der Waals surface area contributed by atoms with Gasteiger partial charge in [-0.3, -0.25) is 29.0 Å². The van der Waals surface area contributed by atoms with E-state index in [0.717, 1.165) is 18.9 Å². The van der Waals surface area contributed by atoms with Crippen LogP contribution in [0.1, 0.15) is 35.3 Å². The van der Waals surface area contributed by atoms with Crippen LogP contribution in [0.15, 0.2) is 35.3 Å². The Morgan fingerprint density at radius 3 is 2.20 bits per heavy atom. The van der Waals surface area contributed by atoms with Crippen molar-refractivity contribution in [3.8, 4) is 0 Å². The Labute approximate surface area is 319 Å². The van der Waals surface area contributed by atoms with Gasteiger partial charge in [0, 0.05) is 42.5 Å². The molecule has 289 valence electrons. The minimum absolute atomic E-state index is 0.00153. The Morgan fingerprint density at radius 2 is 1.61 bits per heavy atom. The summed E-state index contributed by atoms with van der Waals surface area (Å²) in [4.78, 5) is 110. The molecule has 0 aliphatic carbocycles. The number of nitrogens with one attached hydrogen (secondary N) is 5. The molecule has 54 heavy (non-hydrogen) atoms. The molecule has 0 saturated heterocycles. The molecule has 0 radical (unpaired) electrons. The van der Waals surface area contributed by atoms with Crippen LogP contribution in [0.4, 0.5) is 11.6 Å². The molecule has 1 aromatic carbocycles. The van der Waals surface area contributed by atoms with E-state index in [9.17, 15) is 43.5 Å². The summed E-state index contributed by atoms with van der Waals surface area (Å²) in [5.74, 6) is -9.36. The standard InChI is InChI=1S/C29H34N11O11S.O.Tc/c30-15(24(45)37-17(7-20(42)43)25(46)38-18(11-52)28(50)51)10-33-19(41)6-5-16(27(48)49)36-23(44)12-1-3-13(4-2-12)32-8-14-9-34-22-21(35-14)26(47)40-29(31)39-22;;/h1-4,9,15-18,30H,5-8,10-11H2,(H12,31,32,33,34,36,37,38,39,40,41,42,43,44,45,46,47,48,49,50,51,52);;/q-1;;+2/p-3/t15-,16+,17-,18-;;/m0../s1/i;;1+1. The van der Waals surface area contributed by atoms with Gasteiger partial charge in [0.25, 0.3) is 17.4 Å². The molecule has 0 aliphatic heterocycles. The van der Waals surface area contributed by atoms with E-state index in [2.05, 4.69) is 59.1 Å². The van der Waals surface area contributed by atoms with Crippen LogP contribution in [0.3, 0.4) is 0 Å². The van der Waals surface area contributed by atoms with E-state index < -0.39 is 96.4 Å². The number of amides is 4. The number of nitrogens with two attached hydrogens (primary N) is 1. The monoisotopic (exact) mass is 856 g/mol. The number of fused-ring (bicyclic) bond motifs is 1. The maximum absolute atomic E-state index is 12.7. The minimum atomic E-state index is -1.93. The van der Waals surface area contributed by atoms with Crippen molar-refractivity contribution in [3.63, 3.8) is 0 Å². The van der Waals surface area contributed by atoms with E-state index in [1.165, 1.54) is 30.5 Å². The Balaban J connectivity index is 0.00000495. The molecule has 0 fully saturated rings. The van der Waals surface area contributed by atoms with Gasteiger partial charge in [-0.05, 0) is 36.7 Å². The second kappa shape index (κ2) is 21.6. The van der Waals surface area contributed by atoms with Gasteiger partial charge in [0.15, 0.2) is 11.2 Å². The van der Waals surface area contributed by atoms with E-state index in [1.54, 1.807) is 0 Å². The van der Waals surface area contributed by atoms with E-state index in [1.807, 2.05) is 0 Å². The molecule has 0 unspecified atom stereocenters. The first-order chi connectivity index (χ1) is 25.6. The van der Waals surface area contributed by atoms with E-state index in [4.69, 9.17) is 25.2 Å². The topological polar surface area (TPSA) is 383 Å². The number of carbonyl (C=O) groups excluding carboxylic acids is 4. The number of anilines is 2. The summed E-state index contributed by atoms with van der Waals surface area (Å²) >= 11 is 5.49. The van der Waals surface area contributed by atoms with E-state index in [-0.39, 0.29) is 35.6 Å². The molecule has 4 amide bonds. The molecule has 10 N–H and O–H groups in total. The molecule has 23 nitrogen and oxygen atoms in total. The maximum atomic E-state index is 12.7. The first kappa shape index (κ1) is 44.3. The number of nitrogens with zero attached hydrogens (tertiary/aromatic N) is 5. The Morgan fingerprint density at radius 1 is 0.963 bits per heavy atom. The Bertz CT molecular complexity index is 1920. The summed E-state index contributed by atoms with van der Waals surface area (Å²) in [6, 6.07) is -1.01. The number of rotatable bonds is 19. The number of aromatic amines is 1. The fourth-order valence-electron chi connectivity index (χ4n) is 4.15. The third kappa shape index (κ3) is 13.9. The number of hydrogen-bond donors (Lipinski definition) is 8. The number of nitrogen functional groups attached to an aromatic ring is 1. The summed E-state index contributed by atoms with van der Waals surface area (Å²) in [7, 11) is 0. The molecular formula is C29H31N11O12STc-2. The molecule has 0 spiro atoms. The number of carboxylic acid groups (broad SMARTS) is 3. The summed E-state index contributed by atoms with van der Waals surface area (Å²) in [5, 5.41) is 41.8. The van der Waals surface area contributed by atoms with Gasteiger partial charge in [-0.1, -0.05) is 12.1 Å². The zero-order valence-corrected chi connectivity index (χ0v) is 30.2. The number of hydrogen-bond acceptors (Lipinski definition) is 15. The number of aliphatic carboxylic acids is 3. The van der Waals surface area contributed by atoms with Crippen molar-refractivity contribution in [3.05, 3.63) is 68.4 Å². The van der Waals surface area contributed by atoms with Crippen molar-refractivity contribution < 1.29 is 71.2 Å². The van der Waals surface area contributed by atoms with Crippen LogP contribution >= 0.6 is 0 Å². The molecule has 2 aromatic heterocycles. The van der Waals surface area contributed by atoms with Crippen LogP contribution in [-0.4, -0.2) is 113 Å². The van der Waals surface area contributed by atoms with Gasteiger partial charge in [0.2, 0.25) is 11.9 Å². The van der Waals surface area contributed by atoms with Crippen molar-refractivity contribution in [1.82, 2.24) is 30.6 Å². The SMILES string of the molecule is [NH-][C@@H](CNC(=O)CC[C@@H](NC(=O)c1ccc(NCc2cnc3nc(N)[nH]c(=O)c3n2)cc1)C(=O)O)C(=O)[N-][C@@H](CC(=O)O)C(=O)[N-][C@@H](C[S-])C(=O)O.[O]=[99Tc+2]. The first-order valence-electron chi connectivity index (χ1n) is 15.1. The zero-order chi connectivity index (χ0) is 40.5. The number of H-pyrrole nitrogens is 1. The van der Waals surface area contributed by atoms with Crippen molar-refractivity contribution in [2.75, 3.05) is 23.3 Å². The molecule has 0 aliphatic rings. The molecule has 2 heterocycles. The van der Waals surface area contributed by atoms with Crippen LogP contribution in [0.5, 0.6) is 0 Å². The van der Waals surface area contributed by atoms with Gasteiger partial charge in [0.1, 0.15) is 6.04 Å². The molecular weight excluding hydrogens is 825 g/mol. The fraction of sp³-hybridized carbons (Fsp3) is 0.345. The average Bonchev–Trinajstić information content (AvgIpc) is 3.13. The number of carbonyl (C=O) groups is 7. The van der Waals surface area contributed by atoms with Gasteiger partial charge in [-0.25, -0.2) is 14.8 Å². The van der Waals surface area contributed by atoms with Crippen molar-refractivity contribution in [1.29, 1.82) is 0 Å². The van der Waals surface area contributed by atoms with Gasteiger partial charge >= 0.3 is 34.3 Å². The molecule has 25 heteroatoms. The van der Waals surface area contributed by atoms with Crippen molar-refractivity contribution >= 4 is 77.0 Å². The van der Waals surface area contributed by atoms with Crippen molar-refractivity contribution in [2.24, 2.45) is 0 Å². The van der Waals surface area contributed by atoms with Crippen molar-refractivity contribution in [2.45, 2.75) is 50.0 Å². The summed E-state index contributed by atoms with van der Waals surface area (Å²) < 4.78 is 8.22. The zero-order valence-electron chi connectivity index (χ0n) is 27.6. The predicted molar refractivity (Wildman–Crippen MR) is 182 cm³/mol. The summed E-state index contributed by atoms with van der Waals surface area (Å²) in [5.41, 5.74) is 14.0. The van der Waals surface area contributed by atoms with Crippen LogP contribution < -0.4 is 27.2 Å². The van der Waals surface area contributed by atoms with E-state index in [0.29, 0.717) is 11.4 Å². The summed E-state index contributed by atoms with van der Waals surface area (Å²) in [6.45, 7) is -0.504. The number of benzene rings is 1. The molecule has 3 aromatic rings. The molecule has 0 saturated carbocycles. The summed E-state index contributed by atoms with van der Waals surface area (Å²) in [6.07, 6.45) is -0.457. The molecule has 4 atom stereocenters. The predicted octanol–water partition coefficient (Wildman–Crippen LogP) is -1.07. The normalized spacial score (nSPS) is 12.7. The van der Waals surface area contributed by atoms with Crippen LogP contribution in [0.2, 0.25) is 0 Å². The second-order valence-electron chi connectivity index (χ2n) is 10.7. The van der Waals surface area contributed by atoms with Crippen LogP contribution in [-0.2, 0) is 70.3 Å². The first-order valence-corrected chi connectivity index (χ1v) is 16.5. The number of aromatic nitrogens is 4. The fourth-order valence-corrected chi connectivity index (χ4v) is 4.37. The van der Waals surface area contributed by atoms with E-state index >= 15 is 0 Å². The van der Waals surface area contributed by atoms with Crippen LogP contribution in [0, 0.1) is 0 Å². The number of carboxylic acids is 3. The molecule has 0 bridgehead atoms. The van der Waals surface area contributed by atoms with Crippen LogP contribution in [0.25, 0.3) is 27.5 Å². The Hall–Kier alpha value is -5.91. The van der Waals surface area contributed by atoms with Gasteiger partial charge in [-0.15, -0.1) is 0 Å². The molecule has 3 rings (SSSR count). The second-order valence-corrected chi connectivity index (χ2v) is 11.1. The quantitative estimate of drug-likeness (QED) is 0.0665. The van der Waals surface area contributed by atoms with Gasteiger partial charge in [-0.2, -0.15) is 10.7 Å². The third-order valence-electron chi connectivity index (χ3n) is 6.83.